The van der Waals surface area contributed by atoms with Crippen LogP contribution in [-0.2, 0) is 6.18 Å². The van der Waals surface area contributed by atoms with Gasteiger partial charge in [0.2, 0.25) is 0 Å². The third kappa shape index (κ3) is 3.70. The summed E-state index contributed by atoms with van der Waals surface area (Å²) in [7, 11) is 0. The molecular weight excluding hydrogens is 257 g/mol. The zero-order valence-electron chi connectivity index (χ0n) is 8.24. The lowest BCUT2D eigenvalue weighted by Crippen LogP contribution is -2.04. The maximum atomic E-state index is 12.1. The van der Waals surface area contributed by atoms with Gasteiger partial charge in [-0.05, 0) is 24.6 Å². The van der Waals surface area contributed by atoms with Gasteiger partial charge in [-0.15, -0.1) is 0 Å². The molecule has 0 atom stereocenters. The normalized spacial score (nSPS) is 10.5. The van der Waals surface area contributed by atoms with Gasteiger partial charge >= 0.3 is 6.18 Å². The molecule has 0 spiro atoms. The highest BCUT2D eigenvalue weighted by atomic mass is 79.9. The molecule has 0 amide bonds. The third-order valence-electron chi connectivity index (χ3n) is 1.50. The van der Waals surface area contributed by atoms with Crippen molar-refractivity contribution in [3.05, 3.63) is 33.8 Å². The van der Waals surface area contributed by atoms with Crippen molar-refractivity contribution in [3.63, 3.8) is 0 Å². The molecule has 0 heterocycles. The van der Waals surface area contributed by atoms with Gasteiger partial charge in [-0.2, -0.15) is 13.2 Å². The van der Waals surface area contributed by atoms with Crippen LogP contribution in [0, 0.1) is 6.92 Å². The first kappa shape index (κ1) is 13.5. The van der Waals surface area contributed by atoms with Gasteiger partial charge in [0.15, 0.2) is 0 Å². The van der Waals surface area contributed by atoms with Gasteiger partial charge in [-0.1, -0.05) is 35.8 Å². The van der Waals surface area contributed by atoms with Crippen LogP contribution >= 0.6 is 15.9 Å². The molecule has 0 N–H and O–H groups in total. The third-order valence-corrected chi connectivity index (χ3v) is 2.35. The van der Waals surface area contributed by atoms with E-state index in [9.17, 15) is 13.2 Å². The Morgan fingerprint density at radius 3 is 2.00 bits per heavy atom. The van der Waals surface area contributed by atoms with Crippen molar-refractivity contribution in [2.24, 2.45) is 0 Å². The van der Waals surface area contributed by atoms with Crippen LogP contribution in [0.15, 0.2) is 22.7 Å². The fraction of sp³-hybridized carbons (Fsp3) is 0.400. The Bertz CT molecular complexity index is 292. The number of hydrogen-bond acceptors (Lipinski definition) is 0. The van der Waals surface area contributed by atoms with E-state index in [0.29, 0.717) is 4.47 Å². The molecule has 1 rings (SSSR count). The summed E-state index contributed by atoms with van der Waals surface area (Å²) >= 11 is 3.04. The second-order valence-electron chi connectivity index (χ2n) is 2.46. The van der Waals surface area contributed by atoms with Gasteiger partial charge in [0.25, 0.3) is 0 Å². The monoisotopic (exact) mass is 268 g/mol. The second kappa shape index (κ2) is 5.39. The lowest BCUT2D eigenvalue weighted by Gasteiger charge is -2.07. The van der Waals surface area contributed by atoms with E-state index in [-0.39, 0.29) is 0 Å². The average Bonchev–Trinajstić information content (AvgIpc) is 2.11. The van der Waals surface area contributed by atoms with Gasteiger partial charge in [-0.3, -0.25) is 0 Å². The van der Waals surface area contributed by atoms with Gasteiger partial charge in [-0.25, -0.2) is 0 Å². The van der Waals surface area contributed by atoms with Crippen molar-refractivity contribution in [3.8, 4) is 0 Å². The predicted molar refractivity (Wildman–Crippen MR) is 55.2 cm³/mol. The number of aryl methyl sites for hydroxylation is 1. The minimum atomic E-state index is -4.25. The van der Waals surface area contributed by atoms with E-state index >= 15 is 0 Å². The van der Waals surface area contributed by atoms with Gasteiger partial charge < -0.3 is 0 Å². The van der Waals surface area contributed by atoms with E-state index in [0.717, 1.165) is 17.7 Å². The summed E-state index contributed by atoms with van der Waals surface area (Å²) in [6, 6.07) is 3.59. The van der Waals surface area contributed by atoms with Gasteiger partial charge in [0.1, 0.15) is 0 Å². The molecule has 0 bridgehead atoms. The quantitative estimate of drug-likeness (QED) is 0.634. The van der Waals surface area contributed by atoms with E-state index in [2.05, 4.69) is 15.9 Å². The van der Waals surface area contributed by atoms with Crippen LogP contribution in [0.2, 0.25) is 0 Å². The molecule has 80 valence electrons. The van der Waals surface area contributed by atoms with Crippen molar-refractivity contribution >= 4 is 15.9 Å². The molecule has 0 aliphatic carbocycles. The predicted octanol–water partition coefficient (Wildman–Crippen LogP) is 4.80. The zero-order valence-corrected chi connectivity index (χ0v) is 9.83. The van der Waals surface area contributed by atoms with E-state index in [1.807, 2.05) is 13.8 Å². The summed E-state index contributed by atoms with van der Waals surface area (Å²) in [5, 5.41) is 0. The van der Waals surface area contributed by atoms with E-state index in [1.54, 1.807) is 6.92 Å². The summed E-state index contributed by atoms with van der Waals surface area (Å²) < 4.78 is 36.7. The van der Waals surface area contributed by atoms with E-state index in [1.165, 1.54) is 6.07 Å². The Morgan fingerprint density at radius 2 is 1.64 bits per heavy atom. The molecule has 0 aromatic heterocycles. The van der Waals surface area contributed by atoms with Crippen molar-refractivity contribution in [1.82, 2.24) is 0 Å². The molecule has 1 aromatic rings. The Kier molecular flexibility index (Phi) is 5.19. The maximum absolute atomic E-state index is 12.1. The summed E-state index contributed by atoms with van der Waals surface area (Å²) in [5.41, 5.74) is 0.169. The SMILES string of the molecule is CC.Cc1ccc(C(F)(F)F)cc1Br. The molecule has 0 unspecified atom stereocenters. The Balaban J connectivity index is 0.000000791. The van der Waals surface area contributed by atoms with Crippen LogP contribution in [0.3, 0.4) is 0 Å². The molecule has 0 saturated carbocycles. The Morgan fingerprint density at radius 1 is 1.14 bits per heavy atom. The number of rotatable bonds is 0. The maximum Gasteiger partial charge on any atom is 0.416 e. The van der Waals surface area contributed by atoms with Crippen molar-refractivity contribution in [2.45, 2.75) is 26.9 Å². The largest absolute Gasteiger partial charge is 0.416 e. The zero-order chi connectivity index (χ0) is 11.4. The minimum Gasteiger partial charge on any atom is -0.166 e. The average molecular weight is 269 g/mol. The Hall–Kier alpha value is -0.510. The molecule has 0 aliphatic heterocycles. The lowest BCUT2D eigenvalue weighted by atomic mass is 10.1. The summed E-state index contributed by atoms with van der Waals surface area (Å²) in [6.07, 6.45) is -4.25. The van der Waals surface area contributed by atoms with Crippen LogP contribution in [0.5, 0.6) is 0 Å². The minimum absolute atomic E-state index is 0.484. The molecule has 14 heavy (non-hydrogen) atoms. The van der Waals surface area contributed by atoms with Gasteiger partial charge in [0.05, 0.1) is 5.56 Å². The lowest BCUT2D eigenvalue weighted by molar-refractivity contribution is -0.137. The molecule has 0 nitrogen and oxygen atoms in total. The van der Waals surface area contributed by atoms with Gasteiger partial charge in [0, 0.05) is 4.47 Å². The molecule has 0 fully saturated rings. The Labute approximate surface area is 90.3 Å². The molecule has 0 aliphatic rings. The fourth-order valence-corrected chi connectivity index (χ4v) is 1.15. The first-order valence-electron chi connectivity index (χ1n) is 4.24. The number of halogens is 4. The fourth-order valence-electron chi connectivity index (χ4n) is 0.769. The number of hydrogen-bond donors (Lipinski definition) is 0. The summed E-state index contributed by atoms with van der Waals surface area (Å²) in [6.45, 7) is 5.74. The summed E-state index contributed by atoms with van der Waals surface area (Å²) in [4.78, 5) is 0. The molecule has 0 saturated heterocycles. The highest BCUT2D eigenvalue weighted by Crippen LogP contribution is 2.31. The standard InChI is InChI=1S/C8H6BrF3.C2H6/c1-5-2-3-6(4-7(5)9)8(10,11)12;1-2/h2-4H,1H3;1-2H3. The topological polar surface area (TPSA) is 0 Å². The van der Waals surface area contributed by atoms with Crippen LogP contribution < -0.4 is 0 Å². The van der Waals surface area contributed by atoms with Crippen LogP contribution in [0.1, 0.15) is 25.0 Å². The van der Waals surface area contributed by atoms with Crippen molar-refractivity contribution in [2.75, 3.05) is 0 Å². The second-order valence-corrected chi connectivity index (χ2v) is 3.32. The molecule has 0 radical (unpaired) electrons. The highest BCUT2D eigenvalue weighted by Gasteiger charge is 2.30. The summed E-state index contributed by atoms with van der Waals surface area (Å²) in [5.74, 6) is 0. The van der Waals surface area contributed by atoms with Crippen LogP contribution in [-0.4, -0.2) is 0 Å². The van der Waals surface area contributed by atoms with Crippen molar-refractivity contribution < 1.29 is 13.2 Å². The highest BCUT2D eigenvalue weighted by molar-refractivity contribution is 9.10. The molecular formula is C10H12BrF3. The number of benzene rings is 1. The smallest absolute Gasteiger partial charge is 0.166 e. The van der Waals surface area contributed by atoms with Crippen LogP contribution in [0.4, 0.5) is 13.2 Å². The molecule has 1 aromatic carbocycles. The van der Waals surface area contributed by atoms with E-state index < -0.39 is 11.7 Å². The first-order valence-corrected chi connectivity index (χ1v) is 5.04. The number of alkyl halides is 3. The molecule has 4 heteroatoms. The van der Waals surface area contributed by atoms with E-state index in [4.69, 9.17) is 0 Å². The van der Waals surface area contributed by atoms with Crippen molar-refractivity contribution in [1.29, 1.82) is 0 Å². The van der Waals surface area contributed by atoms with Crippen LogP contribution in [0.25, 0.3) is 0 Å². The first-order chi connectivity index (χ1) is 6.41.